The Hall–Kier alpha value is -3.89. The molecule has 256 valence electrons. The summed E-state index contributed by atoms with van der Waals surface area (Å²) in [4.78, 5) is 24.1. The lowest BCUT2D eigenvalue weighted by Gasteiger charge is -2.55. The summed E-state index contributed by atoms with van der Waals surface area (Å²) in [6.07, 6.45) is 3.26. The van der Waals surface area contributed by atoms with Crippen LogP contribution < -0.4 is 15.9 Å². The predicted octanol–water partition coefficient (Wildman–Crippen LogP) is 8.68. The third-order valence-electron chi connectivity index (χ3n) is 10.6. The van der Waals surface area contributed by atoms with Crippen molar-refractivity contribution in [2.75, 3.05) is 0 Å². The summed E-state index contributed by atoms with van der Waals surface area (Å²) in [6, 6.07) is 38.5. The van der Waals surface area contributed by atoms with Crippen LogP contribution in [0.4, 0.5) is 8.78 Å². The molecule has 4 saturated carbocycles. The van der Waals surface area contributed by atoms with E-state index in [1.165, 1.54) is 45.7 Å². The first-order valence-electron chi connectivity index (χ1n) is 17.3. The summed E-state index contributed by atoms with van der Waals surface area (Å²) in [5.41, 5.74) is 0.878. The first kappa shape index (κ1) is 35.0. The van der Waals surface area contributed by atoms with Crippen LogP contribution in [0.1, 0.15) is 76.5 Å². The Kier molecular flexibility index (Phi) is 10.1. The molecule has 0 aliphatic heterocycles. The molecule has 4 aliphatic rings. The van der Waals surface area contributed by atoms with Crippen LogP contribution >= 0.6 is 7.92 Å². The molecule has 4 aromatic carbocycles. The highest BCUT2D eigenvalue weighted by Gasteiger charge is 2.58. The number of carbonyl (C=O) groups is 2. The van der Waals surface area contributed by atoms with Crippen LogP contribution in [0.2, 0.25) is 0 Å². The zero-order valence-corrected chi connectivity index (χ0v) is 29.4. The zero-order chi connectivity index (χ0) is 34.8. The summed E-state index contributed by atoms with van der Waals surface area (Å²) in [7, 11) is -0.939. The molecule has 1 unspecified atom stereocenters. The number of ether oxygens (including phenoxy) is 1. The molecule has 4 nitrogen and oxygen atoms in total. The summed E-state index contributed by atoms with van der Waals surface area (Å²) < 4.78 is 34.0. The molecule has 4 fully saturated rings. The highest BCUT2D eigenvalue weighted by molar-refractivity contribution is 7.79. The molecular weight excluding hydrogens is 637 g/mol. The lowest BCUT2D eigenvalue weighted by atomic mass is 9.49. The van der Waals surface area contributed by atoms with E-state index in [2.05, 4.69) is 106 Å². The molecular formula is C42H46F2O4P+. The van der Waals surface area contributed by atoms with Gasteiger partial charge in [-0.3, -0.25) is 4.79 Å². The van der Waals surface area contributed by atoms with Gasteiger partial charge in [0.15, 0.2) is 0 Å². The van der Waals surface area contributed by atoms with Gasteiger partial charge >= 0.3 is 17.9 Å². The van der Waals surface area contributed by atoms with Gasteiger partial charge in [-0.2, -0.15) is 8.78 Å². The van der Waals surface area contributed by atoms with Gasteiger partial charge in [-0.15, -0.1) is 0 Å². The van der Waals surface area contributed by atoms with Crippen molar-refractivity contribution in [3.63, 3.8) is 0 Å². The molecule has 1 atom stereocenters. The van der Waals surface area contributed by atoms with Crippen molar-refractivity contribution in [3.05, 3.63) is 126 Å². The molecule has 0 radical (unpaired) electrons. The molecule has 0 saturated heterocycles. The van der Waals surface area contributed by atoms with Gasteiger partial charge in [0.2, 0.25) is 6.10 Å². The van der Waals surface area contributed by atoms with Crippen molar-refractivity contribution in [2.45, 2.75) is 76.7 Å². The van der Waals surface area contributed by atoms with Gasteiger partial charge in [-0.05, 0) is 109 Å². The number of carboxylic acids is 1. The second-order valence-electron chi connectivity index (χ2n) is 15.3. The van der Waals surface area contributed by atoms with Crippen molar-refractivity contribution in [3.8, 4) is 0 Å². The van der Waals surface area contributed by atoms with Gasteiger partial charge in [0.05, 0.1) is 13.3 Å². The van der Waals surface area contributed by atoms with Crippen LogP contribution in [0, 0.1) is 23.2 Å². The van der Waals surface area contributed by atoms with Gasteiger partial charge in [0.25, 0.3) is 0 Å². The molecule has 4 aromatic rings. The Morgan fingerprint density at radius 3 is 1.51 bits per heavy atom. The smallest absolute Gasteiger partial charge is 0.382 e. The number of benzene rings is 4. The molecule has 49 heavy (non-hydrogen) atoms. The van der Waals surface area contributed by atoms with Crippen molar-refractivity contribution < 1.29 is 28.2 Å². The van der Waals surface area contributed by atoms with Crippen LogP contribution in [-0.2, 0) is 19.7 Å². The van der Waals surface area contributed by atoms with Gasteiger partial charge in [-0.1, -0.05) is 99.6 Å². The first-order chi connectivity index (χ1) is 23.4. The lowest BCUT2D eigenvalue weighted by molar-refractivity contribution is -0.207. The number of rotatable bonds is 8. The largest absolute Gasteiger partial charge is 0.477 e. The fourth-order valence-corrected chi connectivity index (χ4v) is 11.1. The Bertz CT molecular complexity index is 1640. The highest BCUT2D eigenvalue weighted by Crippen LogP contribution is 2.61. The monoisotopic (exact) mass is 683 g/mol. The summed E-state index contributed by atoms with van der Waals surface area (Å²) >= 11 is 0. The SMILES string of the molecule is CC(C)(C)c1ccc([PH+](c2ccccc2)c2ccccc2)cc1.O=C(OC(c1ccccc1)C(F)(F)C(=O)O)C12CC3CC(CC(C3)C1)C2. The van der Waals surface area contributed by atoms with E-state index >= 15 is 0 Å². The fourth-order valence-electron chi connectivity index (χ4n) is 8.53. The maximum Gasteiger partial charge on any atom is 0.382 e. The molecule has 7 heteroatoms. The maximum absolute atomic E-state index is 14.4. The van der Waals surface area contributed by atoms with E-state index in [0.717, 1.165) is 19.3 Å². The standard InChI is InChI=1S/C22H23P.C20H22F2O4/c1-22(2,3)18-14-16-21(17-15-18)23(19-10-6-4-7-11-19)20-12-8-5-9-13-20;21-20(22,17(23)24)16(15-4-2-1-3-5-15)26-18(25)19-9-12-6-13(10-19)8-14(7-12)11-19/h4-17H,1-3H3;1-5,12-14,16H,6-11H2,(H,23,24)/p+1. The van der Waals surface area contributed by atoms with Crippen molar-refractivity contribution in [2.24, 2.45) is 23.2 Å². The molecule has 1 N–H and O–H groups in total. The van der Waals surface area contributed by atoms with Crippen molar-refractivity contribution in [1.82, 2.24) is 0 Å². The van der Waals surface area contributed by atoms with E-state index in [-0.39, 0.29) is 11.0 Å². The minimum atomic E-state index is -4.18. The number of carboxylic acid groups (broad SMARTS) is 1. The number of halogens is 2. The zero-order valence-electron chi connectivity index (χ0n) is 28.4. The van der Waals surface area contributed by atoms with Gasteiger partial charge in [0.1, 0.15) is 15.9 Å². The number of alkyl halides is 2. The van der Waals surface area contributed by atoms with Crippen LogP contribution in [0.15, 0.2) is 115 Å². The molecule has 0 spiro atoms. The van der Waals surface area contributed by atoms with Crippen LogP contribution in [-0.4, -0.2) is 23.0 Å². The van der Waals surface area contributed by atoms with E-state index in [9.17, 15) is 18.4 Å². The number of esters is 1. The van der Waals surface area contributed by atoms with Gasteiger partial charge in [0, 0.05) is 0 Å². The topological polar surface area (TPSA) is 63.6 Å². The minimum absolute atomic E-state index is 0.00187. The Balaban J connectivity index is 0.000000171. The fraction of sp³-hybridized carbons (Fsp3) is 0.381. The van der Waals surface area contributed by atoms with E-state index < -0.39 is 37.3 Å². The van der Waals surface area contributed by atoms with E-state index in [4.69, 9.17) is 9.84 Å². The quantitative estimate of drug-likeness (QED) is 0.149. The van der Waals surface area contributed by atoms with Gasteiger partial charge in [-0.25, -0.2) is 4.79 Å². The third kappa shape index (κ3) is 7.65. The summed E-state index contributed by atoms with van der Waals surface area (Å²) in [6.45, 7) is 6.80. The van der Waals surface area contributed by atoms with Crippen LogP contribution in [0.3, 0.4) is 0 Å². The maximum atomic E-state index is 14.4. The Morgan fingerprint density at radius 2 is 1.10 bits per heavy atom. The minimum Gasteiger partial charge on any atom is -0.477 e. The molecule has 4 aliphatic carbocycles. The molecule has 0 heterocycles. The number of hydrogen-bond acceptors (Lipinski definition) is 3. The van der Waals surface area contributed by atoms with Crippen molar-refractivity contribution in [1.29, 1.82) is 0 Å². The predicted molar refractivity (Wildman–Crippen MR) is 194 cm³/mol. The Morgan fingerprint density at radius 1 is 0.694 bits per heavy atom. The lowest BCUT2D eigenvalue weighted by Crippen LogP contribution is -2.51. The average Bonchev–Trinajstić information content (AvgIpc) is 3.08. The van der Waals surface area contributed by atoms with Crippen LogP contribution in [0.25, 0.3) is 0 Å². The van der Waals surface area contributed by atoms with E-state index in [1.807, 2.05) is 0 Å². The first-order valence-corrected chi connectivity index (χ1v) is 18.8. The molecule has 0 aromatic heterocycles. The van der Waals surface area contributed by atoms with Crippen molar-refractivity contribution >= 4 is 35.8 Å². The highest BCUT2D eigenvalue weighted by atomic mass is 31.1. The number of aliphatic carboxylic acids is 1. The summed E-state index contributed by atoms with van der Waals surface area (Å²) in [5, 5.41) is 13.3. The van der Waals surface area contributed by atoms with E-state index in [1.54, 1.807) is 6.07 Å². The second-order valence-corrected chi connectivity index (χ2v) is 17.7. The molecule has 4 bridgehead atoms. The summed E-state index contributed by atoms with van der Waals surface area (Å²) in [5.74, 6) is -5.73. The molecule has 8 rings (SSSR count). The molecule has 0 amide bonds. The number of hydrogen-bond donors (Lipinski definition) is 1. The second kappa shape index (κ2) is 14.2. The number of carbonyl (C=O) groups excluding carboxylic acids is 1. The normalized spacial score (nSPS) is 23.3. The average molecular weight is 684 g/mol. The van der Waals surface area contributed by atoms with Gasteiger partial charge < -0.3 is 9.84 Å². The third-order valence-corrected chi connectivity index (χ3v) is 13.3. The Labute approximate surface area is 289 Å². The van der Waals surface area contributed by atoms with Crippen LogP contribution in [0.5, 0.6) is 0 Å². The van der Waals surface area contributed by atoms with E-state index in [0.29, 0.717) is 37.0 Å².